The van der Waals surface area contributed by atoms with E-state index in [0.717, 1.165) is 0 Å². The topological polar surface area (TPSA) is 44.9 Å². The Morgan fingerprint density at radius 1 is 1.56 bits per heavy atom. The molecule has 1 heterocycles. The molecule has 16 heavy (non-hydrogen) atoms. The zero-order valence-corrected chi connectivity index (χ0v) is 9.36. The van der Waals surface area contributed by atoms with Crippen molar-refractivity contribution < 1.29 is 9.18 Å². The fourth-order valence-electron chi connectivity index (χ4n) is 1.53. The van der Waals surface area contributed by atoms with Crippen LogP contribution in [0.15, 0.2) is 18.2 Å². The Bertz CT molecular complexity index is 511. The van der Waals surface area contributed by atoms with Gasteiger partial charge in [-0.1, -0.05) is 11.6 Å². The van der Waals surface area contributed by atoms with Crippen molar-refractivity contribution in [3.05, 3.63) is 34.7 Å². The summed E-state index contributed by atoms with van der Waals surface area (Å²) in [6.07, 6.45) is 0. The molecule has 0 unspecified atom stereocenters. The smallest absolute Gasteiger partial charge is 0.267 e. The molecule has 0 fully saturated rings. The van der Waals surface area contributed by atoms with Crippen LogP contribution in [0.4, 0.5) is 4.39 Å². The molecule has 1 aromatic heterocycles. The Hall–Kier alpha value is -1.55. The van der Waals surface area contributed by atoms with Crippen LogP contribution in [-0.4, -0.2) is 17.4 Å². The van der Waals surface area contributed by atoms with E-state index in [-0.39, 0.29) is 11.4 Å². The third kappa shape index (κ3) is 1.76. The molecule has 5 heteroatoms. The minimum absolute atomic E-state index is 0.258. The number of aromatic amines is 1. The molecule has 0 bridgehead atoms. The lowest BCUT2D eigenvalue weighted by molar-refractivity contribution is 0.0951. The molecule has 0 aliphatic heterocycles. The van der Waals surface area contributed by atoms with E-state index in [9.17, 15) is 9.18 Å². The molecule has 84 valence electrons. The average Bonchev–Trinajstić information content (AvgIpc) is 2.70. The summed E-state index contributed by atoms with van der Waals surface area (Å²) < 4.78 is 13.4. The van der Waals surface area contributed by atoms with Crippen LogP contribution in [-0.2, 0) is 0 Å². The molecule has 0 atom stereocenters. The summed E-state index contributed by atoms with van der Waals surface area (Å²) in [7, 11) is 0. The Morgan fingerprint density at radius 3 is 2.94 bits per heavy atom. The predicted molar refractivity (Wildman–Crippen MR) is 61.3 cm³/mol. The summed E-state index contributed by atoms with van der Waals surface area (Å²) in [5.41, 5.74) is 0.567. The standard InChI is InChI=1S/C11H10ClFN2O/c1-2-14-11(16)9-5-6-7(12)3-4-8(13)10(6)15-9/h3-5,15H,2H2,1H3,(H,14,16). The molecule has 0 saturated carbocycles. The Labute approximate surface area is 96.6 Å². The normalized spacial score (nSPS) is 10.7. The number of hydrogen-bond acceptors (Lipinski definition) is 1. The van der Waals surface area contributed by atoms with Crippen molar-refractivity contribution in [2.24, 2.45) is 0 Å². The van der Waals surface area contributed by atoms with Crippen molar-refractivity contribution in [3.63, 3.8) is 0 Å². The van der Waals surface area contributed by atoms with Gasteiger partial charge in [0.15, 0.2) is 0 Å². The highest BCUT2D eigenvalue weighted by Crippen LogP contribution is 2.26. The predicted octanol–water partition coefficient (Wildman–Crippen LogP) is 2.71. The Balaban J connectivity index is 2.55. The van der Waals surface area contributed by atoms with Crippen LogP contribution in [0.25, 0.3) is 10.9 Å². The van der Waals surface area contributed by atoms with E-state index in [1.807, 2.05) is 6.92 Å². The summed E-state index contributed by atoms with van der Waals surface area (Å²) in [6.45, 7) is 2.33. The van der Waals surface area contributed by atoms with Gasteiger partial charge in [0.25, 0.3) is 5.91 Å². The maximum atomic E-state index is 13.4. The van der Waals surface area contributed by atoms with Gasteiger partial charge >= 0.3 is 0 Å². The Kier molecular flexibility index (Phi) is 2.83. The van der Waals surface area contributed by atoms with Gasteiger partial charge < -0.3 is 10.3 Å². The van der Waals surface area contributed by atoms with Gasteiger partial charge in [0.2, 0.25) is 0 Å². The zero-order valence-electron chi connectivity index (χ0n) is 8.60. The molecule has 0 aliphatic rings. The summed E-state index contributed by atoms with van der Waals surface area (Å²) in [5, 5.41) is 3.56. The number of benzene rings is 1. The largest absolute Gasteiger partial charge is 0.351 e. The first-order chi connectivity index (χ1) is 7.63. The number of carbonyl (C=O) groups excluding carboxylic acids is 1. The van der Waals surface area contributed by atoms with Gasteiger partial charge in [-0.05, 0) is 25.1 Å². The minimum Gasteiger partial charge on any atom is -0.351 e. The third-order valence-corrected chi connectivity index (χ3v) is 2.60. The van der Waals surface area contributed by atoms with Gasteiger partial charge in [-0.2, -0.15) is 0 Å². The van der Waals surface area contributed by atoms with Crippen LogP contribution in [0.2, 0.25) is 5.02 Å². The monoisotopic (exact) mass is 240 g/mol. The number of halogens is 2. The fourth-order valence-corrected chi connectivity index (χ4v) is 1.74. The van der Waals surface area contributed by atoms with Crippen molar-refractivity contribution in [2.75, 3.05) is 6.54 Å². The highest BCUT2D eigenvalue weighted by molar-refractivity contribution is 6.35. The second kappa shape index (κ2) is 4.14. The van der Waals surface area contributed by atoms with E-state index in [0.29, 0.717) is 22.6 Å². The van der Waals surface area contributed by atoms with E-state index >= 15 is 0 Å². The first kappa shape index (κ1) is 11.0. The first-order valence-corrected chi connectivity index (χ1v) is 5.26. The molecule has 2 N–H and O–H groups in total. The van der Waals surface area contributed by atoms with Crippen LogP contribution in [0.1, 0.15) is 17.4 Å². The van der Waals surface area contributed by atoms with E-state index in [1.165, 1.54) is 12.1 Å². The van der Waals surface area contributed by atoms with E-state index < -0.39 is 5.82 Å². The molecule has 2 aromatic rings. The maximum Gasteiger partial charge on any atom is 0.267 e. The van der Waals surface area contributed by atoms with Crippen molar-refractivity contribution in [1.82, 2.24) is 10.3 Å². The maximum absolute atomic E-state index is 13.4. The molecule has 1 aromatic carbocycles. The minimum atomic E-state index is -0.421. The lowest BCUT2D eigenvalue weighted by Gasteiger charge is -1.97. The average molecular weight is 241 g/mol. The second-order valence-corrected chi connectivity index (χ2v) is 3.77. The highest BCUT2D eigenvalue weighted by atomic mass is 35.5. The summed E-state index contributed by atoms with van der Waals surface area (Å²) in [4.78, 5) is 14.2. The molecule has 1 amide bonds. The number of carbonyl (C=O) groups is 1. The number of fused-ring (bicyclic) bond motifs is 1. The molecule has 2 rings (SSSR count). The number of nitrogens with one attached hydrogen (secondary N) is 2. The van der Waals surface area contributed by atoms with Crippen LogP contribution in [0.5, 0.6) is 0 Å². The summed E-state index contributed by atoms with van der Waals surface area (Å²) >= 11 is 5.91. The van der Waals surface area contributed by atoms with Crippen molar-refractivity contribution >= 4 is 28.4 Å². The zero-order chi connectivity index (χ0) is 11.7. The SMILES string of the molecule is CCNC(=O)c1cc2c(Cl)ccc(F)c2[nH]1. The second-order valence-electron chi connectivity index (χ2n) is 3.36. The number of aromatic nitrogens is 1. The van der Waals surface area contributed by atoms with E-state index in [2.05, 4.69) is 10.3 Å². The number of H-pyrrole nitrogens is 1. The van der Waals surface area contributed by atoms with Crippen LogP contribution < -0.4 is 5.32 Å². The highest BCUT2D eigenvalue weighted by Gasteiger charge is 2.12. The number of hydrogen-bond donors (Lipinski definition) is 2. The van der Waals surface area contributed by atoms with Crippen molar-refractivity contribution in [3.8, 4) is 0 Å². The van der Waals surface area contributed by atoms with Crippen molar-refractivity contribution in [1.29, 1.82) is 0 Å². The Morgan fingerprint density at radius 2 is 2.31 bits per heavy atom. The van der Waals surface area contributed by atoms with Gasteiger partial charge in [-0.25, -0.2) is 4.39 Å². The fraction of sp³-hybridized carbons (Fsp3) is 0.182. The summed E-state index contributed by atoms with van der Waals surface area (Å²) in [5.74, 6) is -0.691. The molecule has 3 nitrogen and oxygen atoms in total. The van der Waals surface area contributed by atoms with E-state index in [4.69, 9.17) is 11.6 Å². The van der Waals surface area contributed by atoms with Crippen molar-refractivity contribution in [2.45, 2.75) is 6.92 Å². The van der Waals surface area contributed by atoms with Gasteiger partial charge in [-0.3, -0.25) is 4.79 Å². The van der Waals surface area contributed by atoms with E-state index in [1.54, 1.807) is 6.07 Å². The lowest BCUT2D eigenvalue weighted by Crippen LogP contribution is -2.22. The van der Waals surface area contributed by atoms with Crippen LogP contribution >= 0.6 is 11.6 Å². The number of amides is 1. The van der Waals surface area contributed by atoms with Gasteiger partial charge in [0.1, 0.15) is 11.5 Å². The number of rotatable bonds is 2. The third-order valence-electron chi connectivity index (χ3n) is 2.27. The molecule has 0 saturated heterocycles. The van der Waals surface area contributed by atoms with Gasteiger partial charge in [0.05, 0.1) is 10.5 Å². The molecule has 0 aliphatic carbocycles. The van der Waals surface area contributed by atoms with Gasteiger partial charge in [-0.15, -0.1) is 0 Å². The first-order valence-electron chi connectivity index (χ1n) is 4.88. The molecule has 0 radical (unpaired) electrons. The quantitative estimate of drug-likeness (QED) is 0.833. The van der Waals surface area contributed by atoms with Crippen LogP contribution in [0.3, 0.4) is 0 Å². The lowest BCUT2D eigenvalue weighted by atomic mass is 10.2. The molecular weight excluding hydrogens is 231 g/mol. The summed E-state index contributed by atoms with van der Waals surface area (Å²) in [6, 6.07) is 4.28. The van der Waals surface area contributed by atoms with Gasteiger partial charge in [0, 0.05) is 11.9 Å². The van der Waals surface area contributed by atoms with Crippen LogP contribution in [0, 0.1) is 5.82 Å². The molecule has 0 spiro atoms. The molecular formula is C11H10ClFN2O.